The molecule has 0 saturated heterocycles. The fourth-order valence-corrected chi connectivity index (χ4v) is 1.86. The van der Waals surface area contributed by atoms with Crippen molar-refractivity contribution in [2.45, 2.75) is 45.3 Å². The van der Waals surface area contributed by atoms with E-state index >= 15 is 0 Å². The Labute approximate surface area is 110 Å². The molecule has 0 fully saturated rings. The van der Waals surface area contributed by atoms with Crippen LogP contribution in [0.15, 0.2) is 24.3 Å². The van der Waals surface area contributed by atoms with Crippen molar-refractivity contribution >= 4 is 0 Å². The van der Waals surface area contributed by atoms with Crippen LogP contribution in [0.25, 0.3) is 0 Å². The lowest BCUT2D eigenvalue weighted by Crippen LogP contribution is -2.41. The van der Waals surface area contributed by atoms with E-state index in [1.165, 1.54) is 5.56 Å². The van der Waals surface area contributed by atoms with Gasteiger partial charge in [-0.25, -0.2) is 0 Å². The van der Waals surface area contributed by atoms with E-state index in [9.17, 15) is 0 Å². The monoisotopic (exact) mass is 246 g/mol. The molecule has 0 bridgehead atoms. The molecule has 0 amide bonds. The summed E-state index contributed by atoms with van der Waals surface area (Å²) in [6.45, 7) is 6.00. The first-order valence-corrected chi connectivity index (χ1v) is 6.38. The topological polar surface area (TPSA) is 45.0 Å². The zero-order valence-electron chi connectivity index (χ0n) is 11.7. The van der Waals surface area contributed by atoms with Gasteiger partial charge in [-0.05, 0) is 45.0 Å². The zero-order valence-corrected chi connectivity index (χ0v) is 11.7. The van der Waals surface area contributed by atoms with Gasteiger partial charge in [0.15, 0.2) is 0 Å². The lowest BCUT2D eigenvalue weighted by molar-refractivity contribution is 0.182. The van der Waals surface area contributed by atoms with Gasteiger partial charge in [0.1, 0.15) is 11.3 Å². The number of aryl methyl sites for hydroxylation is 1. The molecule has 0 saturated carbocycles. The van der Waals surface area contributed by atoms with E-state index in [1.807, 2.05) is 26.0 Å². The SMILES string of the molecule is CCc1ccc(OC(C)CC(C)(C#N)NC)cc1. The van der Waals surface area contributed by atoms with E-state index < -0.39 is 5.54 Å². The summed E-state index contributed by atoms with van der Waals surface area (Å²) >= 11 is 0. The predicted octanol–water partition coefficient (Wildman–Crippen LogP) is 2.91. The highest BCUT2D eigenvalue weighted by Gasteiger charge is 2.25. The molecule has 0 aliphatic carbocycles. The Kier molecular flexibility index (Phi) is 5.18. The lowest BCUT2D eigenvalue weighted by Gasteiger charge is -2.25. The number of nitrogens with zero attached hydrogens (tertiary/aromatic N) is 1. The van der Waals surface area contributed by atoms with Crippen LogP contribution in [0.2, 0.25) is 0 Å². The minimum Gasteiger partial charge on any atom is -0.491 e. The van der Waals surface area contributed by atoms with E-state index in [0.717, 1.165) is 12.2 Å². The van der Waals surface area contributed by atoms with E-state index in [0.29, 0.717) is 6.42 Å². The van der Waals surface area contributed by atoms with Gasteiger partial charge in [0.05, 0.1) is 12.2 Å². The summed E-state index contributed by atoms with van der Waals surface area (Å²) in [4.78, 5) is 0. The molecule has 0 spiro atoms. The number of nitriles is 1. The molecule has 3 heteroatoms. The van der Waals surface area contributed by atoms with E-state index in [2.05, 4.69) is 30.4 Å². The van der Waals surface area contributed by atoms with Gasteiger partial charge < -0.3 is 10.1 Å². The molecule has 18 heavy (non-hydrogen) atoms. The maximum Gasteiger partial charge on any atom is 0.119 e. The summed E-state index contributed by atoms with van der Waals surface area (Å²) in [7, 11) is 1.80. The number of hydrogen-bond acceptors (Lipinski definition) is 3. The second-order valence-electron chi connectivity index (χ2n) is 4.82. The van der Waals surface area contributed by atoms with Gasteiger partial charge in [0.25, 0.3) is 0 Å². The summed E-state index contributed by atoms with van der Waals surface area (Å²) in [6.07, 6.45) is 1.67. The highest BCUT2D eigenvalue weighted by atomic mass is 16.5. The second-order valence-corrected chi connectivity index (χ2v) is 4.82. The Hall–Kier alpha value is -1.53. The largest absolute Gasteiger partial charge is 0.491 e. The summed E-state index contributed by atoms with van der Waals surface area (Å²) in [5.74, 6) is 0.857. The van der Waals surface area contributed by atoms with Gasteiger partial charge in [0.2, 0.25) is 0 Å². The molecule has 1 aromatic rings. The molecule has 1 N–H and O–H groups in total. The molecular weight excluding hydrogens is 224 g/mol. The van der Waals surface area contributed by atoms with Crippen molar-refractivity contribution in [1.29, 1.82) is 5.26 Å². The minimum absolute atomic E-state index is 0.00502. The Morgan fingerprint density at radius 1 is 1.39 bits per heavy atom. The van der Waals surface area contributed by atoms with Crippen molar-refractivity contribution in [2.24, 2.45) is 0 Å². The van der Waals surface area contributed by atoms with Crippen molar-refractivity contribution < 1.29 is 4.74 Å². The zero-order chi connectivity index (χ0) is 13.6. The van der Waals surface area contributed by atoms with Gasteiger partial charge in [-0.3, -0.25) is 0 Å². The number of benzene rings is 1. The maximum absolute atomic E-state index is 9.10. The smallest absolute Gasteiger partial charge is 0.119 e. The van der Waals surface area contributed by atoms with Gasteiger partial charge in [-0.1, -0.05) is 19.1 Å². The summed E-state index contributed by atoms with van der Waals surface area (Å²) < 4.78 is 5.82. The number of ether oxygens (including phenoxy) is 1. The first-order valence-electron chi connectivity index (χ1n) is 6.38. The van der Waals surface area contributed by atoms with Crippen molar-refractivity contribution in [3.63, 3.8) is 0 Å². The predicted molar refractivity (Wildman–Crippen MR) is 73.6 cm³/mol. The van der Waals surface area contributed by atoms with Crippen molar-refractivity contribution in [2.75, 3.05) is 7.05 Å². The van der Waals surface area contributed by atoms with E-state index in [-0.39, 0.29) is 6.10 Å². The third kappa shape index (κ3) is 4.05. The van der Waals surface area contributed by atoms with Crippen molar-refractivity contribution in [1.82, 2.24) is 5.32 Å². The van der Waals surface area contributed by atoms with Crippen LogP contribution in [0.5, 0.6) is 5.75 Å². The number of nitrogens with one attached hydrogen (secondary N) is 1. The molecule has 1 rings (SSSR count). The summed E-state index contributed by atoms with van der Waals surface area (Å²) in [5.41, 5.74) is 0.759. The average molecular weight is 246 g/mol. The van der Waals surface area contributed by atoms with Crippen LogP contribution in [0.3, 0.4) is 0 Å². The molecule has 2 atom stereocenters. The van der Waals surface area contributed by atoms with Crippen LogP contribution < -0.4 is 10.1 Å². The third-order valence-corrected chi connectivity index (χ3v) is 3.16. The summed E-state index contributed by atoms with van der Waals surface area (Å²) in [5, 5.41) is 12.1. The van der Waals surface area contributed by atoms with Crippen molar-refractivity contribution in [3.05, 3.63) is 29.8 Å². The average Bonchev–Trinajstić information content (AvgIpc) is 2.39. The highest BCUT2D eigenvalue weighted by Crippen LogP contribution is 2.18. The first kappa shape index (κ1) is 14.5. The minimum atomic E-state index is -0.539. The Morgan fingerprint density at radius 2 is 2.00 bits per heavy atom. The van der Waals surface area contributed by atoms with Gasteiger partial charge in [-0.2, -0.15) is 5.26 Å². The summed E-state index contributed by atoms with van der Waals surface area (Å²) in [6, 6.07) is 10.4. The number of hydrogen-bond donors (Lipinski definition) is 1. The van der Waals surface area contributed by atoms with Crippen LogP contribution in [-0.2, 0) is 6.42 Å². The molecule has 0 heterocycles. The van der Waals surface area contributed by atoms with Crippen LogP contribution in [0, 0.1) is 11.3 Å². The maximum atomic E-state index is 9.10. The molecule has 0 aromatic heterocycles. The molecule has 3 nitrogen and oxygen atoms in total. The van der Waals surface area contributed by atoms with E-state index in [1.54, 1.807) is 7.05 Å². The normalized spacial score (nSPS) is 15.5. The molecule has 0 aliphatic heterocycles. The molecule has 2 unspecified atom stereocenters. The Balaban J connectivity index is 2.59. The van der Waals surface area contributed by atoms with Gasteiger partial charge >= 0.3 is 0 Å². The van der Waals surface area contributed by atoms with Crippen LogP contribution in [-0.4, -0.2) is 18.7 Å². The van der Waals surface area contributed by atoms with Gasteiger partial charge in [0, 0.05) is 6.42 Å². The van der Waals surface area contributed by atoms with Crippen LogP contribution >= 0.6 is 0 Å². The second kappa shape index (κ2) is 6.42. The van der Waals surface area contributed by atoms with Gasteiger partial charge in [-0.15, -0.1) is 0 Å². The van der Waals surface area contributed by atoms with Crippen LogP contribution in [0.1, 0.15) is 32.8 Å². The fraction of sp³-hybridized carbons (Fsp3) is 0.533. The van der Waals surface area contributed by atoms with Crippen LogP contribution in [0.4, 0.5) is 0 Å². The molecular formula is C15H22N2O. The first-order chi connectivity index (χ1) is 8.53. The lowest BCUT2D eigenvalue weighted by atomic mass is 9.97. The molecule has 98 valence electrons. The molecule has 1 aromatic carbocycles. The Morgan fingerprint density at radius 3 is 2.44 bits per heavy atom. The standard InChI is InChI=1S/C15H22N2O/c1-5-13-6-8-14(9-7-13)18-12(2)10-15(3,11-16)17-4/h6-9,12,17H,5,10H2,1-4H3. The highest BCUT2D eigenvalue weighted by molar-refractivity contribution is 5.27. The number of rotatable bonds is 6. The molecule has 0 radical (unpaired) electrons. The Bertz CT molecular complexity index is 407. The molecule has 0 aliphatic rings. The fourth-order valence-electron chi connectivity index (χ4n) is 1.86. The van der Waals surface area contributed by atoms with Crippen molar-refractivity contribution in [3.8, 4) is 11.8 Å². The van der Waals surface area contributed by atoms with E-state index in [4.69, 9.17) is 10.00 Å². The quantitative estimate of drug-likeness (QED) is 0.839. The third-order valence-electron chi connectivity index (χ3n) is 3.16.